The average Bonchev–Trinajstić information content (AvgIpc) is 2.68. The predicted molar refractivity (Wildman–Crippen MR) is 122 cm³/mol. The molecular formula is C22H27N3O4S. The van der Waals surface area contributed by atoms with Crippen molar-refractivity contribution in [2.75, 3.05) is 31.0 Å². The minimum atomic E-state index is -0.503. The highest BCUT2D eigenvalue weighted by Gasteiger charge is 2.21. The zero-order valence-electron chi connectivity index (χ0n) is 17.6. The van der Waals surface area contributed by atoms with E-state index in [1.54, 1.807) is 55.6 Å². The molecule has 0 aromatic heterocycles. The van der Waals surface area contributed by atoms with Crippen LogP contribution in [-0.4, -0.2) is 37.3 Å². The standard InChI is InChI=1S/C22H27N3O4S/c1-22(2,3)20(27)23-16-6-5-7-17(14-16)24-21(30)25-19(26)15-8-10-18(11-9-15)29-13-12-28-4/h5-11,14H,12-13H2,1-4H3,(H,23,27)(H2,24,25,26,30). The third-order valence-electron chi connectivity index (χ3n) is 3.96. The number of nitrogens with one attached hydrogen (secondary N) is 3. The molecule has 2 rings (SSSR count). The van der Waals surface area contributed by atoms with E-state index >= 15 is 0 Å². The van der Waals surface area contributed by atoms with Crippen LogP contribution in [0.2, 0.25) is 0 Å². The molecule has 2 aromatic rings. The number of carbonyl (C=O) groups is 2. The lowest BCUT2D eigenvalue weighted by molar-refractivity contribution is -0.123. The van der Waals surface area contributed by atoms with Gasteiger partial charge in [0.2, 0.25) is 5.91 Å². The van der Waals surface area contributed by atoms with Gasteiger partial charge in [-0.1, -0.05) is 26.8 Å². The summed E-state index contributed by atoms with van der Waals surface area (Å²) >= 11 is 5.23. The first kappa shape index (κ1) is 23.3. The molecule has 7 nitrogen and oxygen atoms in total. The summed E-state index contributed by atoms with van der Waals surface area (Å²) in [6, 6.07) is 13.8. The van der Waals surface area contributed by atoms with Crippen LogP contribution in [0.3, 0.4) is 0 Å². The van der Waals surface area contributed by atoms with Crippen molar-refractivity contribution in [1.82, 2.24) is 5.32 Å². The number of hydrogen-bond donors (Lipinski definition) is 3. The summed E-state index contributed by atoms with van der Waals surface area (Å²) in [7, 11) is 1.60. The van der Waals surface area contributed by atoms with Gasteiger partial charge in [0.1, 0.15) is 12.4 Å². The quantitative estimate of drug-likeness (QED) is 0.458. The van der Waals surface area contributed by atoms with E-state index in [2.05, 4.69) is 16.0 Å². The summed E-state index contributed by atoms with van der Waals surface area (Å²) in [5.41, 5.74) is 1.23. The van der Waals surface area contributed by atoms with Gasteiger partial charge in [-0.05, 0) is 54.7 Å². The Hall–Kier alpha value is -2.97. The van der Waals surface area contributed by atoms with Crippen LogP contribution < -0.4 is 20.7 Å². The molecule has 0 fully saturated rings. The lowest BCUT2D eigenvalue weighted by Crippen LogP contribution is -2.34. The number of methoxy groups -OCH3 is 1. The Kier molecular flexibility index (Phi) is 8.32. The molecule has 0 saturated carbocycles. The van der Waals surface area contributed by atoms with Crippen LogP contribution in [0.4, 0.5) is 11.4 Å². The lowest BCUT2D eigenvalue weighted by atomic mass is 9.95. The second-order valence-corrected chi connectivity index (χ2v) is 7.97. The number of rotatable bonds is 7. The second kappa shape index (κ2) is 10.7. The molecule has 0 aliphatic heterocycles. The Morgan fingerprint density at radius 2 is 1.60 bits per heavy atom. The van der Waals surface area contributed by atoms with Crippen LogP contribution in [0.5, 0.6) is 5.75 Å². The van der Waals surface area contributed by atoms with E-state index in [1.165, 1.54) is 0 Å². The first-order valence-corrected chi connectivity index (χ1v) is 9.85. The van der Waals surface area contributed by atoms with E-state index in [0.29, 0.717) is 35.9 Å². The zero-order valence-corrected chi connectivity index (χ0v) is 18.4. The maximum Gasteiger partial charge on any atom is 0.257 e. The minimum Gasteiger partial charge on any atom is -0.491 e. The average molecular weight is 430 g/mol. The number of thiocarbonyl (C=S) groups is 1. The van der Waals surface area contributed by atoms with E-state index in [-0.39, 0.29) is 16.9 Å². The molecular weight excluding hydrogens is 402 g/mol. The van der Waals surface area contributed by atoms with Gasteiger partial charge in [-0.15, -0.1) is 0 Å². The molecule has 160 valence electrons. The largest absolute Gasteiger partial charge is 0.491 e. The zero-order chi connectivity index (χ0) is 22.1. The fourth-order valence-electron chi connectivity index (χ4n) is 2.28. The SMILES string of the molecule is COCCOc1ccc(C(=O)NC(=S)Nc2cccc(NC(=O)C(C)(C)C)c2)cc1. The molecule has 0 heterocycles. The lowest BCUT2D eigenvalue weighted by Gasteiger charge is -2.18. The second-order valence-electron chi connectivity index (χ2n) is 7.56. The maximum atomic E-state index is 12.4. The molecule has 30 heavy (non-hydrogen) atoms. The Balaban J connectivity index is 1.91. The highest BCUT2D eigenvalue weighted by molar-refractivity contribution is 7.80. The normalized spacial score (nSPS) is 10.8. The maximum absolute atomic E-state index is 12.4. The first-order valence-electron chi connectivity index (χ1n) is 9.44. The van der Waals surface area contributed by atoms with E-state index in [9.17, 15) is 9.59 Å². The summed E-state index contributed by atoms with van der Waals surface area (Å²) in [4.78, 5) is 24.5. The van der Waals surface area contributed by atoms with Crippen molar-refractivity contribution in [1.29, 1.82) is 0 Å². The van der Waals surface area contributed by atoms with E-state index in [4.69, 9.17) is 21.7 Å². The predicted octanol–water partition coefficient (Wildman–Crippen LogP) is 3.82. The third kappa shape index (κ3) is 7.46. The summed E-state index contributed by atoms with van der Waals surface area (Å²) < 4.78 is 10.4. The molecule has 3 N–H and O–H groups in total. The summed E-state index contributed by atoms with van der Waals surface area (Å²) in [6.45, 7) is 6.45. The van der Waals surface area contributed by atoms with Crippen LogP contribution in [0.15, 0.2) is 48.5 Å². The first-order chi connectivity index (χ1) is 14.2. The monoisotopic (exact) mass is 429 g/mol. The van der Waals surface area contributed by atoms with Crippen molar-refractivity contribution in [3.8, 4) is 5.75 Å². The fourth-order valence-corrected chi connectivity index (χ4v) is 2.49. The smallest absolute Gasteiger partial charge is 0.257 e. The molecule has 8 heteroatoms. The van der Waals surface area contributed by atoms with E-state index in [1.807, 2.05) is 20.8 Å². The molecule has 0 bridgehead atoms. The van der Waals surface area contributed by atoms with Crippen molar-refractivity contribution in [3.63, 3.8) is 0 Å². The van der Waals surface area contributed by atoms with Gasteiger partial charge in [-0.3, -0.25) is 14.9 Å². The van der Waals surface area contributed by atoms with Gasteiger partial charge in [0.05, 0.1) is 6.61 Å². The molecule has 0 aliphatic carbocycles. The molecule has 0 atom stereocenters. The number of benzene rings is 2. The van der Waals surface area contributed by atoms with Gasteiger partial charge in [-0.2, -0.15) is 0 Å². The van der Waals surface area contributed by atoms with Gasteiger partial charge >= 0.3 is 0 Å². The molecule has 0 spiro atoms. The summed E-state index contributed by atoms with van der Waals surface area (Å²) in [5, 5.41) is 8.59. The Bertz CT molecular complexity index is 892. The summed E-state index contributed by atoms with van der Waals surface area (Å²) in [5.74, 6) is 0.219. The molecule has 0 aliphatic rings. The fraction of sp³-hybridized carbons (Fsp3) is 0.318. The molecule has 0 radical (unpaired) electrons. The number of carbonyl (C=O) groups excluding carboxylic acids is 2. The van der Waals surface area contributed by atoms with Crippen molar-refractivity contribution in [2.45, 2.75) is 20.8 Å². The van der Waals surface area contributed by atoms with E-state index in [0.717, 1.165) is 0 Å². The molecule has 2 aromatic carbocycles. The van der Waals surface area contributed by atoms with Crippen molar-refractivity contribution >= 4 is 40.5 Å². The molecule has 0 unspecified atom stereocenters. The minimum absolute atomic E-state index is 0.0924. The Labute approximate surface area is 182 Å². The van der Waals surface area contributed by atoms with Crippen LogP contribution in [-0.2, 0) is 9.53 Å². The number of ether oxygens (including phenoxy) is 2. The van der Waals surface area contributed by atoms with Crippen molar-refractivity contribution in [3.05, 3.63) is 54.1 Å². The van der Waals surface area contributed by atoms with E-state index < -0.39 is 5.41 Å². The Morgan fingerprint density at radius 3 is 2.20 bits per heavy atom. The van der Waals surface area contributed by atoms with Gasteiger partial charge in [0.25, 0.3) is 5.91 Å². The van der Waals surface area contributed by atoms with Crippen molar-refractivity contribution < 1.29 is 19.1 Å². The van der Waals surface area contributed by atoms with Gasteiger partial charge in [-0.25, -0.2) is 0 Å². The summed E-state index contributed by atoms with van der Waals surface area (Å²) in [6.07, 6.45) is 0. The third-order valence-corrected chi connectivity index (χ3v) is 4.16. The molecule has 2 amide bonds. The van der Waals surface area contributed by atoms with Gasteiger partial charge in [0.15, 0.2) is 5.11 Å². The van der Waals surface area contributed by atoms with Crippen molar-refractivity contribution in [2.24, 2.45) is 5.41 Å². The highest BCUT2D eigenvalue weighted by atomic mass is 32.1. The van der Waals surface area contributed by atoms with Gasteiger partial charge < -0.3 is 20.1 Å². The number of amides is 2. The number of hydrogen-bond acceptors (Lipinski definition) is 5. The Morgan fingerprint density at radius 1 is 0.967 bits per heavy atom. The topological polar surface area (TPSA) is 88.7 Å². The number of anilines is 2. The highest BCUT2D eigenvalue weighted by Crippen LogP contribution is 2.20. The molecule has 0 saturated heterocycles. The van der Waals surface area contributed by atoms with Crippen LogP contribution in [0, 0.1) is 5.41 Å². The van der Waals surface area contributed by atoms with Crippen LogP contribution >= 0.6 is 12.2 Å². The van der Waals surface area contributed by atoms with Gasteiger partial charge in [0, 0.05) is 29.5 Å². The van der Waals surface area contributed by atoms with Crippen LogP contribution in [0.1, 0.15) is 31.1 Å². The van der Waals surface area contributed by atoms with Crippen LogP contribution in [0.25, 0.3) is 0 Å².